The van der Waals surface area contributed by atoms with E-state index in [2.05, 4.69) is 12.2 Å². The number of halogens is 1. The lowest BCUT2D eigenvalue weighted by molar-refractivity contribution is -0.303. The molecule has 3 aliphatic carbocycles. The van der Waals surface area contributed by atoms with Gasteiger partial charge in [0, 0.05) is 6.42 Å². The fourth-order valence-electron chi connectivity index (χ4n) is 10.5. The first-order valence-electron chi connectivity index (χ1n) is 26.3. The van der Waals surface area contributed by atoms with Crippen LogP contribution in [0.15, 0.2) is 0 Å². The van der Waals surface area contributed by atoms with Crippen LogP contribution in [-0.2, 0) is 14.3 Å². The molecular weight excluding hydrogens is 790 g/mol. The monoisotopic (exact) mass is 886 g/mol. The Bertz CT molecular complexity index is 1100. The summed E-state index contributed by atoms with van der Waals surface area (Å²) in [6.07, 6.45) is 32.9. The van der Waals surface area contributed by atoms with Crippen LogP contribution in [0.1, 0.15) is 244 Å². The summed E-state index contributed by atoms with van der Waals surface area (Å²) in [5.74, 6) is -0.260. The Morgan fingerprint density at radius 2 is 1.05 bits per heavy atom. The van der Waals surface area contributed by atoms with Gasteiger partial charge in [0.15, 0.2) is 6.29 Å². The summed E-state index contributed by atoms with van der Waals surface area (Å²) in [6.45, 7) is 1.33. The average Bonchev–Trinajstić information content (AvgIpc) is 3.24. The van der Waals surface area contributed by atoms with Crippen molar-refractivity contribution < 1.29 is 49.3 Å². The van der Waals surface area contributed by atoms with Gasteiger partial charge in [0.05, 0.1) is 25.4 Å². The highest BCUT2D eigenvalue weighted by atomic mass is 19.1. The van der Waals surface area contributed by atoms with Gasteiger partial charge in [-0.3, -0.25) is 4.79 Å². The molecule has 0 unspecified atom stereocenters. The van der Waals surface area contributed by atoms with Crippen molar-refractivity contribution >= 4 is 5.91 Å². The molecule has 62 heavy (non-hydrogen) atoms. The predicted octanol–water partition coefficient (Wildman–Crippen LogP) is 10.2. The van der Waals surface area contributed by atoms with E-state index in [9.17, 15) is 39.8 Å². The molecule has 8 atom stereocenters. The standard InChI is InChI=1S/C51H96FNO9/c1-2-3-4-5-6-7-8-18-21-24-27-30-33-42(55)45(57)41(37-61-49-48(60)47(59)46(58)43(36-54)62-49)53-44(56)34-31-28-25-22-19-16-14-12-10-9-11-13-15-17-20-23-26-29-32-35-50-38-51(52,39-50)40-50/h41-43,45-49,54-55,57-60H,2-40H2,1H3,(H,53,56)/t41-,42+,43+,45-,46-,47-,48+,49-,50?,51?/m0/s1. The van der Waals surface area contributed by atoms with Crippen LogP contribution in [0.2, 0.25) is 0 Å². The minimum Gasteiger partial charge on any atom is -0.394 e. The molecule has 0 aromatic carbocycles. The van der Waals surface area contributed by atoms with Gasteiger partial charge in [0.2, 0.25) is 5.91 Å². The minimum absolute atomic E-state index is 0.260. The zero-order valence-electron chi connectivity index (χ0n) is 39.5. The summed E-state index contributed by atoms with van der Waals surface area (Å²) in [7, 11) is 0. The lowest BCUT2D eigenvalue weighted by atomic mass is 9.41. The summed E-state index contributed by atoms with van der Waals surface area (Å²) >= 11 is 0. The molecule has 0 aromatic heterocycles. The Labute approximate surface area is 377 Å². The molecule has 1 saturated heterocycles. The van der Waals surface area contributed by atoms with Crippen LogP contribution in [-0.4, -0.2) is 104 Å². The maximum absolute atomic E-state index is 13.6. The van der Waals surface area contributed by atoms with E-state index in [-0.39, 0.29) is 18.9 Å². The summed E-state index contributed by atoms with van der Waals surface area (Å²) in [5, 5.41) is 65.3. The van der Waals surface area contributed by atoms with Crippen LogP contribution in [0.5, 0.6) is 0 Å². The second-order valence-electron chi connectivity index (χ2n) is 20.3. The largest absolute Gasteiger partial charge is 0.394 e. The summed E-state index contributed by atoms with van der Waals surface area (Å²) in [4.78, 5) is 13.0. The highest BCUT2D eigenvalue weighted by Gasteiger charge is 2.68. The number of rotatable bonds is 42. The highest BCUT2D eigenvalue weighted by molar-refractivity contribution is 5.76. The van der Waals surface area contributed by atoms with E-state index in [0.29, 0.717) is 18.3 Å². The number of amides is 1. The van der Waals surface area contributed by atoms with Gasteiger partial charge in [-0.05, 0) is 43.9 Å². The van der Waals surface area contributed by atoms with Crippen molar-refractivity contribution in [2.75, 3.05) is 13.2 Å². The van der Waals surface area contributed by atoms with Gasteiger partial charge in [-0.2, -0.15) is 0 Å². The molecule has 366 valence electrons. The van der Waals surface area contributed by atoms with E-state index >= 15 is 0 Å². The van der Waals surface area contributed by atoms with E-state index in [1.54, 1.807) is 0 Å². The smallest absolute Gasteiger partial charge is 0.220 e. The third-order valence-electron chi connectivity index (χ3n) is 14.5. The van der Waals surface area contributed by atoms with Gasteiger partial charge in [-0.15, -0.1) is 0 Å². The number of carbonyl (C=O) groups is 1. The van der Waals surface area contributed by atoms with Crippen molar-refractivity contribution in [1.82, 2.24) is 5.32 Å². The number of carbonyl (C=O) groups excluding carboxylic acids is 1. The first kappa shape index (κ1) is 55.4. The lowest BCUT2D eigenvalue weighted by Crippen LogP contribution is -2.64. The van der Waals surface area contributed by atoms with Crippen LogP contribution in [0.25, 0.3) is 0 Å². The molecule has 4 rings (SSSR count). The Balaban J connectivity index is 1.19. The zero-order chi connectivity index (χ0) is 44.9. The van der Waals surface area contributed by atoms with Crippen LogP contribution in [0.3, 0.4) is 0 Å². The van der Waals surface area contributed by atoms with Gasteiger partial charge in [-0.25, -0.2) is 4.39 Å². The van der Waals surface area contributed by atoms with Crippen molar-refractivity contribution in [2.24, 2.45) is 5.41 Å². The first-order chi connectivity index (χ1) is 30.0. The molecule has 0 radical (unpaired) electrons. The predicted molar refractivity (Wildman–Crippen MR) is 246 cm³/mol. The van der Waals surface area contributed by atoms with Gasteiger partial charge in [0.25, 0.3) is 0 Å². The van der Waals surface area contributed by atoms with Crippen molar-refractivity contribution in [3.63, 3.8) is 0 Å². The number of aliphatic hydroxyl groups excluding tert-OH is 6. The van der Waals surface area contributed by atoms with Crippen LogP contribution in [0, 0.1) is 5.41 Å². The molecule has 0 spiro atoms. The number of nitrogens with one attached hydrogen (secondary N) is 1. The number of hydrogen-bond donors (Lipinski definition) is 7. The van der Waals surface area contributed by atoms with Gasteiger partial charge in [0.1, 0.15) is 36.2 Å². The van der Waals surface area contributed by atoms with Crippen molar-refractivity contribution in [3.8, 4) is 0 Å². The maximum Gasteiger partial charge on any atom is 0.220 e. The first-order valence-corrected chi connectivity index (χ1v) is 26.3. The Morgan fingerprint density at radius 1 is 0.629 bits per heavy atom. The third-order valence-corrected chi connectivity index (χ3v) is 14.5. The van der Waals surface area contributed by atoms with Gasteiger partial charge < -0.3 is 45.4 Å². The second-order valence-corrected chi connectivity index (χ2v) is 20.3. The van der Waals surface area contributed by atoms with E-state index in [0.717, 1.165) is 64.2 Å². The molecule has 4 fully saturated rings. The molecule has 7 N–H and O–H groups in total. The van der Waals surface area contributed by atoms with Crippen molar-refractivity contribution in [2.45, 2.75) is 299 Å². The summed E-state index contributed by atoms with van der Waals surface area (Å²) in [6, 6.07) is -0.992. The maximum atomic E-state index is 13.6. The number of unbranched alkanes of at least 4 members (excludes halogenated alkanes) is 29. The van der Waals surface area contributed by atoms with E-state index in [1.165, 1.54) is 154 Å². The van der Waals surface area contributed by atoms with Crippen molar-refractivity contribution in [1.29, 1.82) is 0 Å². The van der Waals surface area contributed by atoms with Crippen molar-refractivity contribution in [3.05, 3.63) is 0 Å². The summed E-state index contributed by atoms with van der Waals surface area (Å²) < 4.78 is 24.8. The molecule has 2 bridgehead atoms. The molecule has 1 amide bonds. The highest BCUT2D eigenvalue weighted by Crippen LogP contribution is 2.71. The second kappa shape index (κ2) is 32.7. The lowest BCUT2D eigenvalue weighted by Gasteiger charge is -2.66. The Hall–Kier alpha value is -0.920. The Morgan fingerprint density at radius 3 is 1.48 bits per heavy atom. The fraction of sp³-hybridized carbons (Fsp3) is 0.980. The molecule has 10 nitrogen and oxygen atoms in total. The Kier molecular flexibility index (Phi) is 29.2. The molecule has 11 heteroatoms. The number of ether oxygens (including phenoxy) is 2. The molecule has 0 aromatic rings. The molecule has 3 saturated carbocycles. The van der Waals surface area contributed by atoms with E-state index in [4.69, 9.17) is 9.47 Å². The topological polar surface area (TPSA) is 169 Å². The zero-order valence-corrected chi connectivity index (χ0v) is 39.5. The minimum atomic E-state index is -1.61. The van der Waals surface area contributed by atoms with Gasteiger partial charge in [-0.1, -0.05) is 200 Å². The molecular formula is C51H96FNO9. The van der Waals surface area contributed by atoms with E-state index in [1.807, 2.05) is 0 Å². The summed E-state index contributed by atoms with van der Waals surface area (Å²) in [5.41, 5.74) is -0.299. The molecule has 4 aliphatic rings. The molecule has 1 heterocycles. The SMILES string of the molecule is CCCCCCCCCCCCCC[C@@H](O)[C@@H](O)[C@H](CO[C@H]1O[C@H](CO)[C@H](O)[C@H](O)[C@H]1O)NC(=O)CCCCCCCCCCCCCCCCCCCCCC12CC(F)(C1)C2. The van der Waals surface area contributed by atoms with Gasteiger partial charge >= 0.3 is 0 Å². The van der Waals surface area contributed by atoms with Crippen LogP contribution in [0.4, 0.5) is 4.39 Å². The third kappa shape index (κ3) is 22.0. The number of alkyl halides is 1. The normalized spacial score (nSPS) is 27.1. The number of hydrogen-bond acceptors (Lipinski definition) is 9. The fourth-order valence-corrected chi connectivity index (χ4v) is 10.5. The average molecular weight is 886 g/mol. The quantitative estimate of drug-likeness (QED) is 0.0295. The molecule has 1 aliphatic heterocycles. The van der Waals surface area contributed by atoms with E-state index < -0.39 is 61.2 Å². The van der Waals surface area contributed by atoms with Crippen LogP contribution < -0.4 is 5.32 Å². The van der Waals surface area contributed by atoms with Crippen LogP contribution >= 0.6 is 0 Å². The number of aliphatic hydroxyl groups is 6.